The predicted octanol–water partition coefficient (Wildman–Crippen LogP) is 2.96. The Kier molecular flexibility index (Phi) is 4.84. The first-order valence-electron chi connectivity index (χ1n) is 7.64. The van der Waals surface area contributed by atoms with Crippen LogP contribution < -0.4 is 10.1 Å². The van der Waals surface area contributed by atoms with Crippen molar-refractivity contribution in [2.45, 2.75) is 6.92 Å². The fourth-order valence-corrected chi connectivity index (χ4v) is 2.25. The molecule has 1 aromatic heterocycles. The summed E-state index contributed by atoms with van der Waals surface area (Å²) >= 11 is 0. The summed E-state index contributed by atoms with van der Waals surface area (Å²) in [5.41, 5.74) is 2.29. The SMILES string of the molecule is COc1ccc(-n2nnnc2/C=C/Nc2cccc(C(C)=O)c2)cc1. The molecule has 0 spiro atoms. The number of carbonyl (C=O) groups excluding carboxylic acids is 1. The van der Waals surface area contributed by atoms with Crippen LogP contribution in [0, 0.1) is 0 Å². The molecule has 1 N–H and O–H groups in total. The Morgan fingerprint density at radius 2 is 2.00 bits per heavy atom. The summed E-state index contributed by atoms with van der Waals surface area (Å²) in [6.45, 7) is 1.54. The molecule has 0 unspecified atom stereocenters. The molecule has 0 aliphatic carbocycles. The van der Waals surface area contributed by atoms with E-state index in [1.807, 2.05) is 36.4 Å². The number of Topliss-reactive ketones (excluding diaryl/α,β-unsaturated/α-hetero) is 1. The van der Waals surface area contributed by atoms with Gasteiger partial charge < -0.3 is 10.1 Å². The summed E-state index contributed by atoms with van der Waals surface area (Å²) in [6.07, 6.45) is 3.48. The molecule has 7 nitrogen and oxygen atoms in total. The summed E-state index contributed by atoms with van der Waals surface area (Å²) in [7, 11) is 1.62. The summed E-state index contributed by atoms with van der Waals surface area (Å²) in [5, 5.41) is 14.8. The molecule has 0 atom stereocenters. The first kappa shape index (κ1) is 16.4. The number of benzene rings is 2. The average Bonchev–Trinajstić information content (AvgIpc) is 3.10. The number of methoxy groups -OCH3 is 1. The minimum atomic E-state index is 0.0241. The molecule has 2 aromatic carbocycles. The summed E-state index contributed by atoms with van der Waals surface area (Å²) in [5.74, 6) is 1.36. The van der Waals surface area contributed by atoms with Crippen molar-refractivity contribution in [1.29, 1.82) is 0 Å². The Labute approximate surface area is 144 Å². The van der Waals surface area contributed by atoms with Gasteiger partial charge in [0, 0.05) is 23.5 Å². The van der Waals surface area contributed by atoms with E-state index in [0.29, 0.717) is 11.4 Å². The highest BCUT2D eigenvalue weighted by Crippen LogP contribution is 2.16. The highest BCUT2D eigenvalue weighted by Gasteiger charge is 2.05. The molecule has 25 heavy (non-hydrogen) atoms. The van der Waals surface area contributed by atoms with E-state index in [1.54, 1.807) is 36.2 Å². The highest BCUT2D eigenvalue weighted by atomic mass is 16.5. The minimum Gasteiger partial charge on any atom is -0.497 e. The molecule has 0 saturated carbocycles. The average molecular weight is 335 g/mol. The van der Waals surface area contributed by atoms with Crippen molar-refractivity contribution < 1.29 is 9.53 Å². The maximum Gasteiger partial charge on any atom is 0.181 e. The number of hydrogen-bond donors (Lipinski definition) is 1. The third-order valence-electron chi connectivity index (χ3n) is 3.56. The Bertz CT molecular complexity index is 900. The third-order valence-corrected chi connectivity index (χ3v) is 3.56. The van der Waals surface area contributed by atoms with E-state index in [0.717, 1.165) is 17.1 Å². The first-order chi connectivity index (χ1) is 12.2. The molecule has 0 bridgehead atoms. The van der Waals surface area contributed by atoms with Crippen molar-refractivity contribution in [1.82, 2.24) is 20.2 Å². The van der Waals surface area contributed by atoms with E-state index < -0.39 is 0 Å². The number of aromatic nitrogens is 4. The lowest BCUT2D eigenvalue weighted by atomic mass is 10.1. The van der Waals surface area contributed by atoms with Crippen LogP contribution in [0.2, 0.25) is 0 Å². The van der Waals surface area contributed by atoms with E-state index in [4.69, 9.17) is 4.74 Å². The van der Waals surface area contributed by atoms with E-state index in [1.165, 1.54) is 6.92 Å². The van der Waals surface area contributed by atoms with Crippen LogP contribution in [0.3, 0.4) is 0 Å². The third kappa shape index (κ3) is 3.89. The quantitative estimate of drug-likeness (QED) is 0.698. The maximum absolute atomic E-state index is 11.4. The molecule has 126 valence electrons. The van der Waals surface area contributed by atoms with E-state index in [9.17, 15) is 4.79 Å². The lowest BCUT2D eigenvalue weighted by Crippen LogP contribution is -2.00. The molecule has 0 radical (unpaired) electrons. The summed E-state index contributed by atoms with van der Waals surface area (Å²) in [4.78, 5) is 11.4. The summed E-state index contributed by atoms with van der Waals surface area (Å²) < 4.78 is 6.76. The van der Waals surface area contributed by atoms with Crippen LogP contribution in [-0.2, 0) is 0 Å². The summed E-state index contributed by atoms with van der Waals surface area (Å²) in [6, 6.07) is 14.7. The fraction of sp³-hybridized carbons (Fsp3) is 0.111. The van der Waals surface area contributed by atoms with Crippen molar-refractivity contribution in [2.24, 2.45) is 0 Å². The van der Waals surface area contributed by atoms with Crippen molar-refractivity contribution in [3.8, 4) is 11.4 Å². The van der Waals surface area contributed by atoms with Gasteiger partial charge in [-0.2, -0.15) is 4.68 Å². The Balaban J connectivity index is 1.75. The highest BCUT2D eigenvalue weighted by molar-refractivity contribution is 5.94. The number of nitrogens with one attached hydrogen (secondary N) is 1. The van der Waals surface area contributed by atoms with Gasteiger partial charge in [-0.05, 0) is 53.7 Å². The van der Waals surface area contributed by atoms with Gasteiger partial charge in [-0.15, -0.1) is 5.10 Å². The molecule has 0 aliphatic rings. The standard InChI is InChI=1S/C18H17N5O2/c1-13(24)14-4-3-5-15(12-14)19-11-10-18-20-21-22-23(18)16-6-8-17(25-2)9-7-16/h3-12,19H,1-2H3/b11-10+. The molecule has 1 heterocycles. The number of nitrogens with zero attached hydrogens (tertiary/aromatic N) is 4. The minimum absolute atomic E-state index is 0.0241. The topological polar surface area (TPSA) is 81.9 Å². The second-order valence-corrected chi connectivity index (χ2v) is 5.26. The van der Waals surface area contributed by atoms with Gasteiger partial charge in [-0.3, -0.25) is 4.79 Å². The normalized spacial score (nSPS) is 10.8. The zero-order valence-corrected chi connectivity index (χ0v) is 13.9. The monoisotopic (exact) mass is 335 g/mol. The van der Waals surface area contributed by atoms with Crippen LogP contribution in [0.15, 0.2) is 54.7 Å². The molecular weight excluding hydrogens is 318 g/mol. The van der Waals surface area contributed by atoms with Crippen LogP contribution in [-0.4, -0.2) is 33.1 Å². The molecule has 7 heteroatoms. The number of rotatable bonds is 6. The van der Waals surface area contributed by atoms with Gasteiger partial charge in [0.1, 0.15) is 5.75 Å². The lowest BCUT2D eigenvalue weighted by molar-refractivity contribution is 0.101. The Morgan fingerprint density at radius 3 is 2.72 bits per heavy atom. The van der Waals surface area contributed by atoms with Gasteiger partial charge in [0.2, 0.25) is 0 Å². The zero-order valence-electron chi connectivity index (χ0n) is 13.9. The Hall–Kier alpha value is -3.48. The molecule has 0 saturated heterocycles. The molecule has 0 fully saturated rings. The second kappa shape index (κ2) is 7.39. The van der Waals surface area contributed by atoms with E-state index in [-0.39, 0.29) is 5.78 Å². The molecule has 3 rings (SSSR count). The Morgan fingerprint density at radius 1 is 1.20 bits per heavy atom. The molecular formula is C18H17N5O2. The maximum atomic E-state index is 11.4. The van der Waals surface area contributed by atoms with Crippen LogP contribution in [0.1, 0.15) is 23.1 Å². The van der Waals surface area contributed by atoms with Gasteiger partial charge in [0.25, 0.3) is 0 Å². The van der Waals surface area contributed by atoms with Crippen molar-refractivity contribution >= 4 is 17.5 Å². The van der Waals surface area contributed by atoms with Crippen molar-refractivity contribution in [3.05, 3.63) is 66.1 Å². The number of hydrogen-bond acceptors (Lipinski definition) is 6. The number of tetrazole rings is 1. The first-order valence-corrected chi connectivity index (χ1v) is 7.64. The van der Waals surface area contributed by atoms with E-state index in [2.05, 4.69) is 20.8 Å². The number of ketones is 1. The predicted molar refractivity (Wildman–Crippen MR) is 94.8 cm³/mol. The van der Waals surface area contributed by atoms with Gasteiger partial charge in [-0.25, -0.2) is 0 Å². The van der Waals surface area contributed by atoms with Crippen LogP contribution in [0.4, 0.5) is 5.69 Å². The van der Waals surface area contributed by atoms with Gasteiger partial charge in [0.05, 0.1) is 12.8 Å². The smallest absolute Gasteiger partial charge is 0.181 e. The second-order valence-electron chi connectivity index (χ2n) is 5.26. The lowest BCUT2D eigenvalue weighted by Gasteiger charge is -2.04. The van der Waals surface area contributed by atoms with Gasteiger partial charge >= 0.3 is 0 Å². The molecule has 0 aliphatic heterocycles. The van der Waals surface area contributed by atoms with Crippen LogP contribution in [0.25, 0.3) is 11.8 Å². The van der Waals surface area contributed by atoms with Crippen LogP contribution >= 0.6 is 0 Å². The number of ether oxygens (including phenoxy) is 1. The largest absolute Gasteiger partial charge is 0.497 e. The molecule has 0 amide bonds. The molecule has 3 aromatic rings. The van der Waals surface area contributed by atoms with Crippen LogP contribution in [0.5, 0.6) is 5.75 Å². The van der Waals surface area contributed by atoms with Gasteiger partial charge in [-0.1, -0.05) is 12.1 Å². The number of carbonyl (C=O) groups is 1. The zero-order chi connectivity index (χ0) is 17.6. The number of anilines is 1. The van der Waals surface area contributed by atoms with Crippen molar-refractivity contribution in [2.75, 3.05) is 12.4 Å². The van der Waals surface area contributed by atoms with Gasteiger partial charge in [0.15, 0.2) is 11.6 Å². The fourth-order valence-electron chi connectivity index (χ4n) is 2.25. The van der Waals surface area contributed by atoms with Crippen molar-refractivity contribution in [3.63, 3.8) is 0 Å². The van der Waals surface area contributed by atoms with E-state index >= 15 is 0 Å².